The normalized spacial score (nSPS) is 12.6. The maximum atomic E-state index is 11.5. The molecule has 0 saturated carbocycles. The standard InChI is InChI=1S/C17H21N5O2S/c1-5-6-12(7-18-2)9-21(3)19-8-13-14(10-23)22(4)17-16(13)25-15(11-24)20-17/h5-8,10,24H,1,9,11H2,2-4H3/b12-6+,18-7?,19-8-. The largest absolute Gasteiger partial charge is 0.389 e. The number of rotatable bonds is 8. The minimum atomic E-state index is -0.127. The Bertz CT molecular complexity index is 860. The highest BCUT2D eigenvalue weighted by Gasteiger charge is 2.18. The van der Waals surface area contributed by atoms with Crippen molar-refractivity contribution in [2.75, 3.05) is 20.6 Å². The molecule has 0 fully saturated rings. The fourth-order valence-corrected chi connectivity index (χ4v) is 3.39. The first kappa shape index (κ1) is 18.8. The van der Waals surface area contributed by atoms with E-state index in [0.29, 0.717) is 28.5 Å². The number of carbonyl (C=O) groups excluding carboxylic acids is 1. The molecular formula is C17H21N5O2S. The van der Waals surface area contributed by atoms with Gasteiger partial charge in [0, 0.05) is 32.9 Å². The van der Waals surface area contributed by atoms with Crippen LogP contribution >= 0.6 is 11.3 Å². The number of aliphatic hydroxyl groups is 1. The molecule has 0 amide bonds. The second kappa shape index (κ2) is 8.50. The van der Waals surface area contributed by atoms with Gasteiger partial charge in [0.05, 0.1) is 29.8 Å². The highest BCUT2D eigenvalue weighted by molar-refractivity contribution is 7.19. The van der Waals surface area contributed by atoms with Crippen LogP contribution in [0.2, 0.25) is 0 Å². The van der Waals surface area contributed by atoms with Crippen LogP contribution in [0, 0.1) is 0 Å². The van der Waals surface area contributed by atoms with E-state index < -0.39 is 0 Å². The van der Waals surface area contributed by atoms with Gasteiger partial charge in [-0.3, -0.25) is 14.8 Å². The second-order valence-electron chi connectivity index (χ2n) is 5.32. The Hall–Kier alpha value is -2.58. The minimum Gasteiger partial charge on any atom is -0.389 e. The molecule has 0 bridgehead atoms. The van der Waals surface area contributed by atoms with Crippen LogP contribution in [0.1, 0.15) is 21.1 Å². The van der Waals surface area contributed by atoms with Gasteiger partial charge >= 0.3 is 0 Å². The Labute approximate surface area is 150 Å². The third kappa shape index (κ3) is 4.09. The van der Waals surface area contributed by atoms with Gasteiger partial charge in [0.1, 0.15) is 5.01 Å². The summed E-state index contributed by atoms with van der Waals surface area (Å²) in [4.78, 5) is 19.8. The number of hydrogen-bond acceptors (Lipinski definition) is 7. The van der Waals surface area contributed by atoms with Crippen molar-refractivity contribution in [1.29, 1.82) is 0 Å². The number of aliphatic imine (C=N–C) groups is 1. The molecule has 25 heavy (non-hydrogen) atoms. The quantitative estimate of drug-likeness (QED) is 0.338. The lowest BCUT2D eigenvalue weighted by molar-refractivity contribution is 0.111. The van der Waals surface area contributed by atoms with E-state index in [1.54, 1.807) is 42.2 Å². The third-order valence-electron chi connectivity index (χ3n) is 3.52. The molecular weight excluding hydrogens is 338 g/mol. The molecule has 0 spiro atoms. The minimum absolute atomic E-state index is 0.127. The van der Waals surface area contributed by atoms with Crippen molar-refractivity contribution in [3.63, 3.8) is 0 Å². The summed E-state index contributed by atoms with van der Waals surface area (Å²) in [7, 11) is 5.32. The van der Waals surface area contributed by atoms with Crippen LogP contribution in [0.5, 0.6) is 0 Å². The number of aryl methyl sites for hydroxylation is 1. The molecule has 2 rings (SSSR count). The number of hydrazone groups is 1. The summed E-state index contributed by atoms with van der Waals surface area (Å²) in [6.45, 7) is 4.12. The molecule has 0 aromatic carbocycles. The summed E-state index contributed by atoms with van der Waals surface area (Å²) >= 11 is 1.36. The van der Waals surface area contributed by atoms with Crippen LogP contribution in [0.15, 0.2) is 34.4 Å². The monoisotopic (exact) mass is 359 g/mol. The number of aliphatic hydroxyl groups excluding tert-OH is 1. The molecule has 0 radical (unpaired) electrons. The summed E-state index contributed by atoms with van der Waals surface area (Å²) < 4.78 is 2.55. The Morgan fingerprint density at radius 3 is 2.88 bits per heavy atom. The molecule has 2 aromatic rings. The summed E-state index contributed by atoms with van der Waals surface area (Å²) in [5.74, 6) is 0. The SMILES string of the molecule is C=C/C=C(\C=NC)CN(C)/N=C\c1c(C=O)n(C)c2nc(CO)sc12. The van der Waals surface area contributed by atoms with E-state index in [2.05, 4.69) is 21.7 Å². The molecule has 2 aromatic heterocycles. The van der Waals surface area contributed by atoms with Crippen molar-refractivity contribution in [3.8, 4) is 0 Å². The zero-order valence-corrected chi connectivity index (χ0v) is 15.3. The fourth-order valence-electron chi connectivity index (χ4n) is 2.42. The van der Waals surface area contributed by atoms with E-state index in [0.717, 1.165) is 16.6 Å². The average molecular weight is 359 g/mol. The van der Waals surface area contributed by atoms with Gasteiger partial charge in [-0.15, -0.1) is 11.3 Å². The highest BCUT2D eigenvalue weighted by Crippen LogP contribution is 2.29. The summed E-state index contributed by atoms with van der Waals surface area (Å²) in [6.07, 6.45) is 7.77. The van der Waals surface area contributed by atoms with Gasteiger partial charge in [-0.05, 0) is 5.57 Å². The first-order valence-electron chi connectivity index (χ1n) is 7.58. The number of aldehydes is 1. The first-order valence-corrected chi connectivity index (χ1v) is 8.40. The Morgan fingerprint density at radius 1 is 1.52 bits per heavy atom. The zero-order valence-electron chi connectivity index (χ0n) is 14.5. The van der Waals surface area contributed by atoms with Crippen LogP contribution in [-0.2, 0) is 13.7 Å². The maximum Gasteiger partial charge on any atom is 0.167 e. The number of likely N-dealkylation sites (N-methyl/N-ethyl adjacent to an activating group) is 1. The first-order chi connectivity index (χ1) is 12.0. The molecule has 0 atom stereocenters. The number of allylic oxidation sites excluding steroid dienone is 2. The van der Waals surface area contributed by atoms with E-state index in [-0.39, 0.29) is 6.61 Å². The summed E-state index contributed by atoms with van der Waals surface area (Å²) in [6, 6.07) is 0. The van der Waals surface area contributed by atoms with Gasteiger partial charge in [0.15, 0.2) is 11.9 Å². The highest BCUT2D eigenvalue weighted by atomic mass is 32.1. The van der Waals surface area contributed by atoms with Crippen molar-refractivity contribution in [2.24, 2.45) is 17.1 Å². The third-order valence-corrected chi connectivity index (χ3v) is 4.58. The second-order valence-corrected chi connectivity index (χ2v) is 6.40. The number of aromatic nitrogens is 2. The van der Waals surface area contributed by atoms with E-state index in [9.17, 15) is 9.90 Å². The molecule has 0 aliphatic rings. The molecule has 0 aliphatic carbocycles. The Morgan fingerprint density at radius 2 is 2.28 bits per heavy atom. The average Bonchev–Trinajstić information content (AvgIpc) is 3.11. The van der Waals surface area contributed by atoms with Crippen molar-refractivity contribution < 1.29 is 9.90 Å². The van der Waals surface area contributed by atoms with Gasteiger partial charge < -0.3 is 9.67 Å². The lowest BCUT2D eigenvalue weighted by Crippen LogP contribution is -2.15. The van der Waals surface area contributed by atoms with Crippen molar-refractivity contribution in [1.82, 2.24) is 14.6 Å². The predicted molar refractivity (Wildman–Crippen MR) is 103 cm³/mol. The number of hydrogen-bond donors (Lipinski definition) is 1. The lowest BCUT2D eigenvalue weighted by Gasteiger charge is -2.12. The van der Waals surface area contributed by atoms with E-state index in [1.165, 1.54) is 11.3 Å². The van der Waals surface area contributed by atoms with Crippen LogP contribution in [0.4, 0.5) is 0 Å². The molecule has 8 heteroatoms. The van der Waals surface area contributed by atoms with Crippen LogP contribution in [0.3, 0.4) is 0 Å². The predicted octanol–water partition coefficient (Wildman–Crippen LogP) is 2.02. The smallest absolute Gasteiger partial charge is 0.167 e. The Kier molecular flexibility index (Phi) is 6.37. The van der Waals surface area contributed by atoms with E-state index in [1.807, 2.05) is 13.1 Å². The number of fused-ring (bicyclic) bond motifs is 1. The summed E-state index contributed by atoms with van der Waals surface area (Å²) in [5.41, 5.74) is 2.85. The molecule has 7 nitrogen and oxygen atoms in total. The van der Waals surface area contributed by atoms with Crippen LogP contribution in [-0.4, -0.2) is 59.0 Å². The number of thiazole rings is 1. The van der Waals surface area contributed by atoms with E-state index in [4.69, 9.17) is 0 Å². The van der Waals surface area contributed by atoms with Crippen molar-refractivity contribution >= 4 is 40.4 Å². The maximum absolute atomic E-state index is 11.5. The zero-order chi connectivity index (χ0) is 18.4. The van der Waals surface area contributed by atoms with Gasteiger partial charge in [-0.25, -0.2) is 4.98 Å². The molecule has 0 aliphatic heterocycles. The van der Waals surface area contributed by atoms with E-state index >= 15 is 0 Å². The molecule has 0 saturated heterocycles. The van der Waals surface area contributed by atoms with Gasteiger partial charge in [0.2, 0.25) is 0 Å². The van der Waals surface area contributed by atoms with Gasteiger partial charge in [-0.2, -0.15) is 5.10 Å². The molecule has 0 unspecified atom stereocenters. The lowest BCUT2D eigenvalue weighted by atomic mass is 10.2. The van der Waals surface area contributed by atoms with Gasteiger partial charge in [0.25, 0.3) is 0 Å². The van der Waals surface area contributed by atoms with Crippen LogP contribution in [0.25, 0.3) is 10.3 Å². The number of nitrogens with zero attached hydrogens (tertiary/aromatic N) is 5. The fraction of sp³-hybridized carbons (Fsp3) is 0.294. The Balaban J connectivity index is 2.33. The van der Waals surface area contributed by atoms with Gasteiger partial charge in [-0.1, -0.05) is 18.7 Å². The van der Waals surface area contributed by atoms with Crippen LogP contribution < -0.4 is 0 Å². The number of carbonyl (C=O) groups is 1. The molecule has 1 N–H and O–H groups in total. The molecule has 132 valence electrons. The van der Waals surface area contributed by atoms with Crippen molar-refractivity contribution in [3.05, 3.63) is 40.6 Å². The molecule has 2 heterocycles. The van der Waals surface area contributed by atoms with Crippen molar-refractivity contribution in [2.45, 2.75) is 6.61 Å². The summed E-state index contributed by atoms with van der Waals surface area (Å²) in [5, 5.41) is 16.1. The topological polar surface area (TPSA) is 83.1 Å².